The highest BCUT2D eigenvalue weighted by molar-refractivity contribution is 6.31. The zero-order valence-electron chi connectivity index (χ0n) is 15.0. The number of esters is 1. The van der Waals surface area contributed by atoms with Gasteiger partial charge in [-0.05, 0) is 60.5 Å². The minimum absolute atomic E-state index is 0. The van der Waals surface area contributed by atoms with Crippen LogP contribution in [0.1, 0.15) is 21.5 Å². The smallest absolute Gasteiger partial charge is 0.337 e. The number of rotatable bonds is 8. The standard InChI is InChI=1S/C19H22ClNO4.ClH/c1-23-17-4-5-18(24-2)14(11-17)6-7-21-12-13-8-15(19(22)25-3)10-16(20)9-13;/h4-5,8-11,21H,6-7,12H2,1-3H3;1H. The molecule has 0 bridgehead atoms. The lowest BCUT2D eigenvalue weighted by Crippen LogP contribution is -2.17. The topological polar surface area (TPSA) is 56.8 Å². The van der Waals surface area contributed by atoms with Crippen molar-refractivity contribution in [3.63, 3.8) is 0 Å². The summed E-state index contributed by atoms with van der Waals surface area (Å²) in [4.78, 5) is 11.6. The van der Waals surface area contributed by atoms with E-state index in [9.17, 15) is 4.79 Å². The first-order valence-electron chi connectivity index (χ1n) is 7.86. The molecule has 0 aromatic heterocycles. The van der Waals surface area contributed by atoms with Crippen LogP contribution in [0.2, 0.25) is 5.02 Å². The Bertz CT molecular complexity index is 737. The van der Waals surface area contributed by atoms with E-state index in [-0.39, 0.29) is 12.4 Å². The normalized spacial score (nSPS) is 10.0. The molecule has 0 aliphatic rings. The molecule has 5 nitrogen and oxygen atoms in total. The van der Waals surface area contributed by atoms with Gasteiger partial charge in [0.15, 0.2) is 0 Å². The number of ether oxygens (including phenoxy) is 3. The SMILES string of the molecule is COC(=O)c1cc(Cl)cc(CNCCc2cc(OC)ccc2OC)c1.Cl. The Labute approximate surface area is 165 Å². The van der Waals surface area contributed by atoms with Gasteiger partial charge in [-0.1, -0.05) is 11.6 Å². The molecule has 2 aromatic carbocycles. The van der Waals surface area contributed by atoms with Gasteiger partial charge >= 0.3 is 5.97 Å². The zero-order chi connectivity index (χ0) is 18.2. The van der Waals surface area contributed by atoms with Gasteiger partial charge in [0.1, 0.15) is 11.5 Å². The lowest BCUT2D eigenvalue weighted by atomic mass is 10.1. The molecule has 0 fully saturated rings. The van der Waals surface area contributed by atoms with Gasteiger partial charge in [0.2, 0.25) is 0 Å². The van der Waals surface area contributed by atoms with Gasteiger partial charge in [0, 0.05) is 11.6 Å². The van der Waals surface area contributed by atoms with E-state index in [2.05, 4.69) is 5.32 Å². The summed E-state index contributed by atoms with van der Waals surface area (Å²) in [6, 6.07) is 10.9. The molecule has 2 aromatic rings. The van der Waals surface area contributed by atoms with Crippen molar-refractivity contribution in [3.8, 4) is 11.5 Å². The number of carbonyl (C=O) groups excluding carboxylic acids is 1. The number of halogens is 2. The van der Waals surface area contributed by atoms with Crippen LogP contribution in [-0.4, -0.2) is 33.8 Å². The monoisotopic (exact) mass is 399 g/mol. The molecule has 0 unspecified atom stereocenters. The molecule has 0 saturated heterocycles. The fourth-order valence-electron chi connectivity index (χ4n) is 2.52. The molecule has 0 spiro atoms. The average Bonchev–Trinajstić information content (AvgIpc) is 2.63. The fraction of sp³-hybridized carbons (Fsp3) is 0.316. The molecule has 0 saturated carbocycles. The van der Waals surface area contributed by atoms with E-state index in [1.807, 2.05) is 24.3 Å². The fourth-order valence-corrected chi connectivity index (χ4v) is 2.78. The summed E-state index contributed by atoms with van der Waals surface area (Å²) in [5.74, 6) is 1.23. The van der Waals surface area contributed by atoms with Gasteiger partial charge in [-0.2, -0.15) is 0 Å². The van der Waals surface area contributed by atoms with Crippen molar-refractivity contribution < 1.29 is 19.0 Å². The van der Waals surface area contributed by atoms with Gasteiger partial charge in [0.25, 0.3) is 0 Å². The van der Waals surface area contributed by atoms with Crippen molar-refractivity contribution in [1.29, 1.82) is 0 Å². The number of benzene rings is 2. The molecule has 2 rings (SSSR count). The Kier molecular flexibility index (Phi) is 9.27. The third-order valence-corrected chi connectivity index (χ3v) is 3.98. The van der Waals surface area contributed by atoms with E-state index in [0.29, 0.717) is 17.1 Å². The second-order valence-corrected chi connectivity index (χ2v) is 5.88. The molecular formula is C19H23Cl2NO4. The van der Waals surface area contributed by atoms with Crippen molar-refractivity contribution in [2.45, 2.75) is 13.0 Å². The molecule has 26 heavy (non-hydrogen) atoms. The second kappa shape index (κ2) is 10.9. The Hall–Kier alpha value is -1.95. The van der Waals surface area contributed by atoms with Crippen LogP contribution in [0.25, 0.3) is 0 Å². The predicted molar refractivity (Wildman–Crippen MR) is 105 cm³/mol. The van der Waals surface area contributed by atoms with Crippen molar-refractivity contribution in [2.75, 3.05) is 27.9 Å². The minimum atomic E-state index is -0.398. The second-order valence-electron chi connectivity index (χ2n) is 5.44. The molecule has 0 radical (unpaired) electrons. The summed E-state index contributed by atoms with van der Waals surface area (Å²) in [6.45, 7) is 1.33. The molecule has 0 aliphatic carbocycles. The van der Waals surface area contributed by atoms with E-state index >= 15 is 0 Å². The van der Waals surface area contributed by atoms with Crippen LogP contribution in [0.5, 0.6) is 11.5 Å². The first-order chi connectivity index (χ1) is 12.1. The van der Waals surface area contributed by atoms with E-state index < -0.39 is 5.97 Å². The molecule has 0 atom stereocenters. The van der Waals surface area contributed by atoms with Gasteiger partial charge in [0.05, 0.1) is 26.9 Å². The molecule has 0 amide bonds. The number of carbonyl (C=O) groups is 1. The van der Waals surface area contributed by atoms with Crippen LogP contribution < -0.4 is 14.8 Å². The summed E-state index contributed by atoms with van der Waals surface area (Å²) in [6.07, 6.45) is 0.783. The Morgan fingerprint density at radius 2 is 1.85 bits per heavy atom. The van der Waals surface area contributed by atoms with Crippen LogP contribution in [0.15, 0.2) is 36.4 Å². The highest BCUT2D eigenvalue weighted by Gasteiger charge is 2.09. The quantitative estimate of drug-likeness (QED) is 0.538. The summed E-state index contributed by atoms with van der Waals surface area (Å²) in [5.41, 5.74) is 2.43. The highest BCUT2D eigenvalue weighted by atomic mass is 35.5. The molecule has 0 aliphatic heterocycles. The van der Waals surface area contributed by atoms with Gasteiger partial charge in [-0.25, -0.2) is 4.79 Å². The Morgan fingerprint density at radius 3 is 2.50 bits per heavy atom. The summed E-state index contributed by atoms with van der Waals surface area (Å²) in [5, 5.41) is 3.85. The predicted octanol–water partition coefficient (Wildman–Crippen LogP) is 3.90. The largest absolute Gasteiger partial charge is 0.497 e. The van der Waals surface area contributed by atoms with Gasteiger partial charge in [-0.15, -0.1) is 12.4 Å². The Morgan fingerprint density at radius 1 is 1.08 bits per heavy atom. The number of nitrogens with one attached hydrogen (secondary N) is 1. The van der Waals surface area contributed by atoms with Crippen molar-refractivity contribution in [3.05, 3.63) is 58.1 Å². The molecule has 0 heterocycles. The van der Waals surface area contributed by atoms with Crippen molar-refractivity contribution in [2.24, 2.45) is 0 Å². The highest BCUT2D eigenvalue weighted by Crippen LogP contribution is 2.24. The van der Waals surface area contributed by atoms with Crippen LogP contribution in [0.3, 0.4) is 0 Å². The third-order valence-electron chi connectivity index (χ3n) is 3.77. The number of hydrogen-bond acceptors (Lipinski definition) is 5. The third kappa shape index (κ3) is 6.09. The molecule has 7 heteroatoms. The Balaban J connectivity index is 0.00000338. The maximum atomic E-state index is 11.6. The van der Waals surface area contributed by atoms with Crippen molar-refractivity contribution in [1.82, 2.24) is 5.32 Å². The molecule has 142 valence electrons. The zero-order valence-corrected chi connectivity index (χ0v) is 16.6. The van der Waals surface area contributed by atoms with E-state index in [1.54, 1.807) is 26.4 Å². The van der Waals surface area contributed by atoms with E-state index in [0.717, 1.165) is 35.6 Å². The maximum Gasteiger partial charge on any atom is 0.337 e. The van der Waals surface area contributed by atoms with Crippen LogP contribution in [0, 0.1) is 0 Å². The molecular weight excluding hydrogens is 377 g/mol. The summed E-state index contributed by atoms with van der Waals surface area (Å²) < 4.78 is 15.4. The van der Waals surface area contributed by atoms with Gasteiger partial charge < -0.3 is 19.5 Å². The maximum absolute atomic E-state index is 11.6. The van der Waals surface area contributed by atoms with Crippen molar-refractivity contribution >= 4 is 30.0 Å². The first kappa shape index (κ1) is 22.1. The van der Waals surface area contributed by atoms with Crippen LogP contribution >= 0.6 is 24.0 Å². The van der Waals surface area contributed by atoms with E-state index in [1.165, 1.54) is 7.11 Å². The van der Waals surface area contributed by atoms with Crippen LogP contribution in [-0.2, 0) is 17.7 Å². The number of methoxy groups -OCH3 is 3. The molecule has 1 N–H and O–H groups in total. The van der Waals surface area contributed by atoms with Crippen LogP contribution in [0.4, 0.5) is 0 Å². The summed E-state index contributed by atoms with van der Waals surface area (Å²) in [7, 11) is 4.64. The summed E-state index contributed by atoms with van der Waals surface area (Å²) >= 11 is 6.07. The first-order valence-corrected chi connectivity index (χ1v) is 8.24. The lowest BCUT2D eigenvalue weighted by Gasteiger charge is -2.11. The number of hydrogen-bond donors (Lipinski definition) is 1. The average molecular weight is 400 g/mol. The van der Waals surface area contributed by atoms with Gasteiger partial charge in [-0.3, -0.25) is 0 Å². The lowest BCUT2D eigenvalue weighted by molar-refractivity contribution is 0.0600. The van der Waals surface area contributed by atoms with E-state index in [4.69, 9.17) is 25.8 Å². The minimum Gasteiger partial charge on any atom is -0.497 e.